The van der Waals surface area contributed by atoms with Gasteiger partial charge in [0.05, 0.1) is 19.3 Å². The van der Waals surface area contributed by atoms with Crippen LogP contribution in [0.4, 0.5) is 0 Å². The summed E-state index contributed by atoms with van der Waals surface area (Å²) in [6.45, 7) is 2.02. The average molecular weight is 111 g/mol. The first kappa shape index (κ1) is 5.54. The van der Waals surface area contributed by atoms with Gasteiger partial charge >= 0.3 is 0 Å². The van der Waals surface area contributed by atoms with Gasteiger partial charge in [0.25, 0.3) is 0 Å². The van der Waals surface area contributed by atoms with Crippen LogP contribution in [0, 0.1) is 24.0 Å². The summed E-state index contributed by atoms with van der Waals surface area (Å²) in [5.74, 6) is 0.632. The van der Waals surface area contributed by atoms with Crippen molar-refractivity contribution in [3.63, 3.8) is 0 Å². The lowest BCUT2D eigenvalue weighted by Crippen LogP contribution is -2.17. The van der Waals surface area contributed by atoms with Crippen molar-refractivity contribution in [2.45, 2.75) is 0 Å². The molecule has 42 valence electrons. The molecule has 0 saturated carbocycles. The molecular formula is C5H5NO2. The van der Waals surface area contributed by atoms with E-state index in [-0.39, 0.29) is 0 Å². The van der Waals surface area contributed by atoms with Crippen LogP contribution in [0.25, 0.3) is 0 Å². The summed E-state index contributed by atoms with van der Waals surface area (Å²) in [4.78, 5) is 0. The third-order valence-corrected chi connectivity index (χ3v) is 0.809. The SMILES string of the molecule is N#C[C]1CO[CH]OC1. The van der Waals surface area contributed by atoms with Crippen molar-refractivity contribution in [2.24, 2.45) is 0 Å². The number of nitriles is 1. The zero-order valence-corrected chi connectivity index (χ0v) is 4.26. The molecule has 0 aromatic rings. The summed E-state index contributed by atoms with van der Waals surface area (Å²) in [5, 5.41) is 8.23. The molecule has 1 fully saturated rings. The molecule has 0 unspecified atom stereocenters. The van der Waals surface area contributed by atoms with Gasteiger partial charge in [0.2, 0.25) is 6.79 Å². The van der Waals surface area contributed by atoms with Crippen molar-refractivity contribution in [3.8, 4) is 6.07 Å². The van der Waals surface area contributed by atoms with Gasteiger partial charge in [-0.25, -0.2) is 0 Å². The van der Waals surface area contributed by atoms with Crippen LogP contribution in [-0.4, -0.2) is 13.2 Å². The molecule has 0 bridgehead atoms. The van der Waals surface area contributed by atoms with Crippen molar-refractivity contribution in [2.75, 3.05) is 13.2 Å². The summed E-state index contributed by atoms with van der Waals surface area (Å²) in [7, 11) is 0. The van der Waals surface area contributed by atoms with Crippen LogP contribution in [-0.2, 0) is 9.47 Å². The number of hydrogen-bond donors (Lipinski definition) is 0. The van der Waals surface area contributed by atoms with Gasteiger partial charge in [0.1, 0.15) is 5.92 Å². The van der Waals surface area contributed by atoms with E-state index in [0.29, 0.717) is 19.1 Å². The highest BCUT2D eigenvalue weighted by atomic mass is 16.7. The van der Waals surface area contributed by atoms with Crippen LogP contribution >= 0.6 is 0 Å². The maximum absolute atomic E-state index is 8.23. The lowest BCUT2D eigenvalue weighted by molar-refractivity contribution is -0.00756. The number of nitrogens with zero attached hydrogens (tertiary/aromatic N) is 1. The molecule has 2 radical (unpaired) electrons. The first-order chi connectivity index (χ1) is 3.93. The van der Waals surface area contributed by atoms with E-state index in [0.717, 1.165) is 0 Å². The van der Waals surface area contributed by atoms with Gasteiger partial charge in [-0.1, -0.05) is 0 Å². The molecule has 3 heteroatoms. The van der Waals surface area contributed by atoms with Crippen LogP contribution in [0.3, 0.4) is 0 Å². The first-order valence-corrected chi connectivity index (χ1v) is 2.23. The predicted octanol–water partition coefficient (Wildman–Crippen LogP) is 0.251. The highest BCUT2D eigenvalue weighted by Gasteiger charge is 2.13. The number of hydrogen-bond acceptors (Lipinski definition) is 3. The van der Waals surface area contributed by atoms with Crippen LogP contribution < -0.4 is 0 Å². The molecule has 0 aromatic carbocycles. The fourth-order valence-corrected chi connectivity index (χ4v) is 0.424. The van der Waals surface area contributed by atoms with Gasteiger partial charge in [-0.05, 0) is 0 Å². The summed E-state index contributed by atoms with van der Waals surface area (Å²) in [5.41, 5.74) is 0. The molecule has 0 N–H and O–H groups in total. The Morgan fingerprint density at radius 2 is 2.12 bits per heavy atom. The lowest BCUT2D eigenvalue weighted by Gasteiger charge is -2.13. The Bertz CT molecular complexity index is 101. The Morgan fingerprint density at radius 3 is 2.50 bits per heavy atom. The quantitative estimate of drug-likeness (QED) is 0.450. The Morgan fingerprint density at radius 1 is 1.50 bits per heavy atom. The van der Waals surface area contributed by atoms with Crippen LogP contribution in [0.2, 0.25) is 0 Å². The van der Waals surface area contributed by atoms with Crippen molar-refractivity contribution < 1.29 is 9.47 Å². The highest BCUT2D eigenvalue weighted by molar-refractivity contribution is 5.12. The minimum Gasteiger partial charge on any atom is -0.346 e. The van der Waals surface area contributed by atoms with Crippen LogP contribution in [0.15, 0.2) is 0 Å². The molecule has 0 aliphatic carbocycles. The predicted molar refractivity (Wildman–Crippen MR) is 25.1 cm³/mol. The zero-order valence-electron chi connectivity index (χ0n) is 4.26. The molecule has 1 rings (SSSR count). The molecular weight excluding hydrogens is 106 g/mol. The smallest absolute Gasteiger partial charge is 0.209 e. The molecule has 8 heavy (non-hydrogen) atoms. The van der Waals surface area contributed by atoms with Crippen LogP contribution in [0.5, 0.6) is 0 Å². The number of ether oxygens (including phenoxy) is 2. The van der Waals surface area contributed by atoms with Crippen molar-refractivity contribution in [1.82, 2.24) is 0 Å². The van der Waals surface area contributed by atoms with Crippen molar-refractivity contribution >= 4 is 0 Å². The summed E-state index contributed by atoms with van der Waals surface area (Å²) in [6.07, 6.45) is 0. The first-order valence-electron chi connectivity index (χ1n) is 2.23. The Balaban J connectivity index is 2.25. The second-order valence-corrected chi connectivity index (χ2v) is 1.43. The van der Waals surface area contributed by atoms with Gasteiger partial charge < -0.3 is 9.47 Å². The number of rotatable bonds is 0. The maximum atomic E-state index is 8.23. The Labute approximate surface area is 47.8 Å². The fraction of sp³-hybridized carbons (Fsp3) is 0.400. The molecule has 0 spiro atoms. The molecule has 1 aliphatic rings. The second-order valence-electron chi connectivity index (χ2n) is 1.43. The van der Waals surface area contributed by atoms with Gasteiger partial charge in [-0.3, -0.25) is 0 Å². The summed E-state index contributed by atoms with van der Waals surface area (Å²) < 4.78 is 9.33. The van der Waals surface area contributed by atoms with Gasteiger partial charge in [0.15, 0.2) is 0 Å². The molecule has 0 amide bonds. The molecule has 1 aliphatic heterocycles. The fourth-order valence-electron chi connectivity index (χ4n) is 0.424. The topological polar surface area (TPSA) is 42.2 Å². The van der Waals surface area contributed by atoms with E-state index in [2.05, 4.69) is 9.47 Å². The molecule has 1 heterocycles. The van der Waals surface area contributed by atoms with E-state index < -0.39 is 0 Å². The van der Waals surface area contributed by atoms with Gasteiger partial charge in [0, 0.05) is 0 Å². The molecule has 0 aromatic heterocycles. The van der Waals surface area contributed by atoms with Gasteiger partial charge in [-0.15, -0.1) is 0 Å². The van der Waals surface area contributed by atoms with Gasteiger partial charge in [-0.2, -0.15) is 5.26 Å². The maximum Gasteiger partial charge on any atom is 0.209 e. The molecule has 3 nitrogen and oxygen atoms in total. The zero-order chi connectivity index (χ0) is 5.82. The normalized spacial score (nSPS) is 22.4. The van der Waals surface area contributed by atoms with Crippen molar-refractivity contribution in [1.29, 1.82) is 5.26 Å². The second kappa shape index (κ2) is 2.65. The highest BCUT2D eigenvalue weighted by Crippen LogP contribution is 2.07. The average Bonchev–Trinajstić information content (AvgIpc) is 1.90. The van der Waals surface area contributed by atoms with Crippen LogP contribution in [0.1, 0.15) is 0 Å². The molecule has 1 saturated heterocycles. The van der Waals surface area contributed by atoms with E-state index in [1.165, 1.54) is 6.79 Å². The minimum absolute atomic E-state index is 0.385. The Kier molecular flexibility index (Phi) is 1.84. The Hall–Kier alpha value is -0.590. The van der Waals surface area contributed by atoms with E-state index in [1.54, 1.807) is 0 Å². The lowest BCUT2D eigenvalue weighted by atomic mass is 10.2. The van der Waals surface area contributed by atoms with E-state index >= 15 is 0 Å². The molecule has 0 atom stereocenters. The standard InChI is InChI=1S/C5H5NO2/c6-1-5-2-7-4-8-3-5/h4H,2-3H2. The monoisotopic (exact) mass is 111 g/mol. The van der Waals surface area contributed by atoms with E-state index in [1.807, 2.05) is 6.07 Å². The van der Waals surface area contributed by atoms with E-state index in [9.17, 15) is 0 Å². The third-order valence-electron chi connectivity index (χ3n) is 0.809. The minimum atomic E-state index is 0.385. The largest absolute Gasteiger partial charge is 0.346 e. The van der Waals surface area contributed by atoms with E-state index in [4.69, 9.17) is 5.26 Å². The third kappa shape index (κ3) is 1.19. The summed E-state index contributed by atoms with van der Waals surface area (Å²) >= 11 is 0. The summed E-state index contributed by atoms with van der Waals surface area (Å²) in [6, 6.07) is 1.95. The van der Waals surface area contributed by atoms with Crippen molar-refractivity contribution in [3.05, 3.63) is 12.7 Å².